The van der Waals surface area contributed by atoms with Gasteiger partial charge in [0, 0.05) is 56.9 Å². The van der Waals surface area contributed by atoms with Gasteiger partial charge < -0.3 is 14.5 Å². The van der Waals surface area contributed by atoms with Crippen LogP contribution in [0.25, 0.3) is 0 Å². The summed E-state index contributed by atoms with van der Waals surface area (Å²) in [7, 11) is 0. The van der Waals surface area contributed by atoms with Crippen LogP contribution in [-0.4, -0.2) is 47.1 Å². The highest BCUT2D eigenvalue weighted by Crippen LogP contribution is 2.26. The van der Waals surface area contributed by atoms with Gasteiger partial charge in [-0.3, -0.25) is 9.78 Å². The van der Waals surface area contributed by atoms with Crippen molar-refractivity contribution in [2.24, 2.45) is 5.92 Å². The molecule has 1 atom stereocenters. The van der Waals surface area contributed by atoms with Crippen LogP contribution in [0.2, 0.25) is 0 Å². The molecule has 2 aliphatic rings. The lowest BCUT2D eigenvalue weighted by molar-refractivity contribution is -0.135. The van der Waals surface area contributed by atoms with Crippen LogP contribution in [0.3, 0.4) is 0 Å². The zero-order chi connectivity index (χ0) is 17.1. The lowest BCUT2D eigenvalue weighted by atomic mass is 10.1. The Labute approximate surface area is 147 Å². The number of hydrogen-bond donors (Lipinski definition) is 0. The summed E-state index contributed by atoms with van der Waals surface area (Å²) in [5, 5.41) is 0. The minimum absolute atomic E-state index is 0.00462. The molecule has 0 bridgehead atoms. The summed E-state index contributed by atoms with van der Waals surface area (Å²) < 4.78 is 5.39. The number of amides is 1. The number of hydrogen-bond acceptors (Lipinski definition) is 5. The maximum atomic E-state index is 12.8. The first-order valence-corrected chi connectivity index (χ1v) is 8.75. The van der Waals surface area contributed by atoms with Gasteiger partial charge in [-0.1, -0.05) is 12.1 Å². The number of aromatic nitrogens is 2. The number of carbonyl (C=O) groups is 1. The first-order chi connectivity index (χ1) is 12.3. The maximum Gasteiger partial charge on any atom is 0.228 e. The van der Waals surface area contributed by atoms with Crippen molar-refractivity contribution in [2.45, 2.75) is 19.5 Å². The van der Waals surface area contributed by atoms with Gasteiger partial charge in [0.15, 0.2) is 0 Å². The van der Waals surface area contributed by atoms with Crippen LogP contribution in [-0.2, 0) is 22.6 Å². The fraction of sp³-hybridized carbons (Fsp3) is 0.421. The number of anilines is 1. The number of pyridine rings is 2. The van der Waals surface area contributed by atoms with Gasteiger partial charge in [0.2, 0.25) is 5.91 Å². The molecule has 1 saturated heterocycles. The Bertz CT molecular complexity index is 731. The largest absolute Gasteiger partial charge is 0.381 e. The average molecular weight is 338 g/mol. The third-order valence-electron chi connectivity index (χ3n) is 4.85. The van der Waals surface area contributed by atoms with E-state index in [4.69, 9.17) is 4.74 Å². The van der Waals surface area contributed by atoms with Gasteiger partial charge in [-0.05, 0) is 24.1 Å². The van der Waals surface area contributed by atoms with Crippen LogP contribution in [0.1, 0.15) is 17.5 Å². The van der Waals surface area contributed by atoms with Gasteiger partial charge in [0.25, 0.3) is 0 Å². The van der Waals surface area contributed by atoms with Crippen molar-refractivity contribution in [2.75, 3.05) is 31.2 Å². The third kappa shape index (κ3) is 3.49. The molecule has 25 heavy (non-hydrogen) atoms. The summed E-state index contributed by atoms with van der Waals surface area (Å²) in [5.74, 6) is 1.17. The third-order valence-corrected chi connectivity index (χ3v) is 4.85. The summed E-state index contributed by atoms with van der Waals surface area (Å²) in [6, 6.07) is 8.02. The fourth-order valence-corrected chi connectivity index (χ4v) is 3.51. The molecular formula is C19H22N4O2. The van der Waals surface area contributed by atoms with Crippen LogP contribution in [0.4, 0.5) is 5.82 Å². The van der Waals surface area contributed by atoms with E-state index < -0.39 is 0 Å². The van der Waals surface area contributed by atoms with E-state index in [1.165, 1.54) is 0 Å². The lowest BCUT2D eigenvalue weighted by Gasteiger charge is -2.25. The maximum absolute atomic E-state index is 12.8. The predicted molar refractivity (Wildman–Crippen MR) is 93.9 cm³/mol. The van der Waals surface area contributed by atoms with Crippen molar-refractivity contribution in [3.63, 3.8) is 0 Å². The molecule has 6 heteroatoms. The molecule has 1 amide bonds. The van der Waals surface area contributed by atoms with Gasteiger partial charge in [-0.2, -0.15) is 0 Å². The first-order valence-electron chi connectivity index (χ1n) is 8.75. The molecule has 0 aromatic carbocycles. The van der Waals surface area contributed by atoms with Crippen LogP contribution in [0.5, 0.6) is 0 Å². The Morgan fingerprint density at radius 3 is 2.96 bits per heavy atom. The van der Waals surface area contributed by atoms with Crippen LogP contribution >= 0.6 is 0 Å². The number of fused-ring (bicyclic) bond motifs is 1. The first kappa shape index (κ1) is 16.0. The minimum atomic E-state index is 0.00462. The molecule has 0 spiro atoms. The van der Waals surface area contributed by atoms with Crippen molar-refractivity contribution in [3.05, 3.63) is 54.0 Å². The molecule has 2 aromatic heterocycles. The molecular weight excluding hydrogens is 316 g/mol. The van der Waals surface area contributed by atoms with E-state index in [-0.39, 0.29) is 11.8 Å². The molecule has 130 valence electrons. The van der Waals surface area contributed by atoms with Gasteiger partial charge in [0.1, 0.15) is 5.82 Å². The quantitative estimate of drug-likeness (QED) is 0.855. The van der Waals surface area contributed by atoms with Crippen LogP contribution in [0.15, 0.2) is 42.9 Å². The monoisotopic (exact) mass is 338 g/mol. The van der Waals surface area contributed by atoms with Gasteiger partial charge in [-0.15, -0.1) is 0 Å². The van der Waals surface area contributed by atoms with Crippen molar-refractivity contribution in [3.8, 4) is 0 Å². The molecule has 0 radical (unpaired) electrons. The smallest absolute Gasteiger partial charge is 0.228 e. The summed E-state index contributed by atoms with van der Waals surface area (Å²) in [6.07, 6.45) is 6.31. The van der Waals surface area contributed by atoms with Crippen molar-refractivity contribution in [1.82, 2.24) is 14.9 Å². The Kier molecular flexibility index (Phi) is 4.61. The number of carbonyl (C=O) groups excluding carboxylic acids is 1. The van der Waals surface area contributed by atoms with E-state index in [0.717, 1.165) is 36.5 Å². The molecule has 2 aliphatic heterocycles. The Morgan fingerprint density at radius 1 is 1.24 bits per heavy atom. The highest BCUT2D eigenvalue weighted by atomic mass is 16.5. The molecule has 2 aromatic rings. The summed E-state index contributed by atoms with van der Waals surface area (Å²) >= 11 is 0. The van der Waals surface area contributed by atoms with E-state index >= 15 is 0 Å². The predicted octanol–water partition coefficient (Wildman–Crippen LogP) is 1.86. The molecule has 1 fully saturated rings. The zero-order valence-electron chi connectivity index (χ0n) is 14.2. The molecule has 0 unspecified atom stereocenters. The van der Waals surface area contributed by atoms with E-state index in [9.17, 15) is 4.79 Å². The van der Waals surface area contributed by atoms with Gasteiger partial charge in [-0.25, -0.2) is 4.98 Å². The summed E-state index contributed by atoms with van der Waals surface area (Å²) in [4.78, 5) is 25.8. The molecule has 0 N–H and O–H groups in total. The zero-order valence-corrected chi connectivity index (χ0v) is 14.2. The Balaban J connectivity index is 1.56. The van der Waals surface area contributed by atoms with Crippen LogP contribution in [0, 0.1) is 5.92 Å². The second-order valence-electron chi connectivity index (χ2n) is 6.59. The van der Waals surface area contributed by atoms with E-state index in [2.05, 4.69) is 27.0 Å². The van der Waals surface area contributed by atoms with Crippen molar-refractivity contribution in [1.29, 1.82) is 0 Å². The topological polar surface area (TPSA) is 58.6 Å². The normalized spacial score (nSPS) is 20.2. The standard InChI is InChI=1S/C19H22N4O2/c24-19(17-5-10-25-14-17)23-9-8-22(12-15-3-1-6-20-11-15)18-16(13-23)4-2-7-21-18/h1-4,6-7,11,17H,5,8-10,12-14H2/t17-/m1/s1. The van der Waals surface area contributed by atoms with Crippen molar-refractivity contribution >= 4 is 11.7 Å². The van der Waals surface area contributed by atoms with Gasteiger partial charge in [0.05, 0.1) is 12.5 Å². The number of ether oxygens (including phenoxy) is 1. The molecule has 4 heterocycles. The number of rotatable bonds is 3. The molecule has 0 aliphatic carbocycles. The van der Waals surface area contributed by atoms with E-state index in [1.54, 1.807) is 6.20 Å². The molecule has 4 rings (SSSR count). The minimum Gasteiger partial charge on any atom is -0.381 e. The highest BCUT2D eigenvalue weighted by molar-refractivity contribution is 5.79. The van der Waals surface area contributed by atoms with Gasteiger partial charge >= 0.3 is 0 Å². The summed E-state index contributed by atoms with van der Waals surface area (Å²) in [5.41, 5.74) is 2.24. The molecule has 6 nitrogen and oxygen atoms in total. The van der Waals surface area contributed by atoms with Crippen molar-refractivity contribution < 1.29 is 9.53 Å². The Morgan fingerprint density at radius 2 is 2.16 bits per heavy atom. The van der Waals surface area contributed by atoms with Crippen LogP contribution < -0.4 is 4.90 Å². The van der Waals surface area contributed by atoms with E-state index in [1.807, 2.05) is 29.4 Å². The Hall–Kier alpha value is -2.47. The summed E-state index contributed by atoms with van der Waals surface area (Å²) in [6.45, 7) is 4.06. The second-order valence-corrected chi connectivity index (χ2v) is 6.59. The number of nitrogens with zero attached hydrogens (tertiary/aromatic N) is 4. The SMILES string of the molecule is O=C([C@@H]1CCOC1)N1CCN(Cc2cccnc2)c2ncccc2C1. The average Bonchev–Trinajstić information content (AvgIpc) is 3.13. The van der Waals surface area contributed by atoms with E-state index in [0.29, 0.717) is 26.3 Å². The highest BCUT2D eigenvalue weighted by Gasteiger charge is 2.30. The molecule has 0 saturated carbocycles. The lowest BCUT2D eigenvalue weighted by Crippen LogP contribution is -2.39. The second kappa shape index (κ2) is 7.19. The fourth-order valence-electron chi connectivity index (χ4n) is 3.51.